The predicted octanol–water partition coefficient (Wildman–Crippen LogP) is 7.83. The molecule has 0 saturated heterocycles. The van der Waals surface area contributed by atoms with Crippen molar-refractivity contribution >= 4 is 16.9 Å². The number of carbonyl (C=O) groups excluding carboxylic acids is 1. The summed E-state index contributed by atoms with van der Waals surface area (Å²) in [6.45, 7) is 7.82. The molecular formula is C29H49N3O. The van der Waals surface area contributed by atoms with E-state index in [1.54, 1.807) is 0 Å². The van der Waals surface area contributed by atoms with Gasteiger partial charge in [-0.25, -0.2) is 4.98 Å². The maximum atomic E-state index is 11.9. The second-order valence-electron chi connectivity index (χ2n) is 9.96. The molecule has 0 aliphatic carbocycles. The van der Waals surface area contributed by atoms with Crippen molar-refractivity contribution in [1.82, 2.24) is 14.9 Å². The number of hydrogen-bond donors (Lipinski definition) is 1. The lowest BCUT2D eigenvalue weighted by atomic mass is 10.0. The van der Waals surface area contributed by atoms with E-state index in [-0.39, 0.29) is 11.8 Å². The molecule has 0 fully saturated rings. The Hall–Kier alpha value is -1.84. The minimum absolute atomic E-state index is 0.0272. The van der Waals surface area contributed by atoms with Crippen LogP contribution >= 0.6 is 0 Å². The fourth-order valence-corrected chi connectivity index (χ4v) is 4.53. The minimum atomic E-state index is 0.0272. The van der Waals surface area contributed by atoms with Crippen LogP contribution in [0.25, 0.3) is 11.0 Å². The predicted molar refractivity (Wildman–Crippen MR) is 142 cm³/mol. The van der Waals surface area contributed by atoms with Crippen LogP contribution < -0.4 is 5.32 Å². The van der Waals surface area contributed by atoms with Crippen molar-refractivity contribution in [2.24, 2.45) is 5.92 Å². The molecule has 4 nitrogen and oxygen atoms in total. The zero-order valence-electron chi connectivity index (χ0n) is 21.7. The van der Waals surface area contributed by atoms with Crippen LogP contribution in [0, 0.1) is 5.92 Å². The highest BCUT2D eigenvalue weighted by atomic mass is 16.1. The van der Waals surface area contributed by atoms with Crippen molar-refractivity contribution < 1.29 is 4.79 Å². The molecule has 0 aliphatic heterocycles. The molecule has 2 rings (SSSR count). The summed E-state index contributed by atoms with van der Waals surface area (Å²) >= 11 is 0. The average molecular weight is 456 g/mol. The number of nitrogens with one attached hydrogen (secondary N) is 1. The quantitative estimate of drug-likeness (QED) is 0.219. The largest absolute Gasteiger partial charge is 0.355 e. The minimum Gasteiger partial charge on any atom is -0.355 e. The standard InChI is InChI=1S/C29H49N3O/c1-4-5-6-7-8-9-10-11-12-13-14-15-16-19-24-32-27-21-18-17-20-26(27)31-28(32)22-23-30-29(33)25(2)3/h17-18,20-21,25H,4-16,19,22-24H2,1-3H3,(H,30,33). The lowest BCUT2D eigenvalue weighted by Gasteiger charge is -2.11. The van der Waals surface area contributed by atoms with Crippen molar-refractivity contribution in [2.75, 3.05) is 6.54 Å². The number of amides is 1. The molecule has 0 radical (unpaired) electrons. The van der Waals surface area contributed by atoms with Crippen LogP contribution in [-0.2, 0) is 17.8 Å². The molecule has 0 spiro atoms. The van der Waals surface area contributed by atoms with Gasteiger partial charge in [0.2, 0.25) is 5.91 Å². The number of imidazole rings is 1. The molecule has 1 aromatic heterocycles. The molecule has 0 aliphatic rings. The van der Waals surface area contributed by atoms with E-state index in [0.717, 1.165) is 24.3 Å². The van der Waals surface area contributed by atoms with Crippen LogP contribution in [0.3, 0.4) is 0 Å². The van der Waals surface area contributed by atoms with Gasteiger partial charge in [-0.1, -0.05) is 116 Å². The van der Waals surface area contributed by atoms with Crippen molar-refractivity contribution in [3.05, 3.63) is 30.1 Å². The van der Waals surface area contributed by atoms with Gasteiger partial charge >= 0.3 is 0 Å². The van der Waals surface area contributed by atoms with Crippen molar-refractivity contribution in [3.8, 4) is 0 Å². The molecule has 0 unspecified atom stereocenters. The van der Waals surface area contributed by atoms with Gasteiger partial charge in [0.1, 0.15) is 5.82 Å². The summed E-state index contributed by atoms with van der Waals surface area (Å²) < 4.78 is 2.37. The fourth-order valence-electron chi connectivity index (χ4n) is 4.53. The molecular weight excluding hydrogens is 406 g/mol. The highest BCUT2D eigenvalue weighted by Gasteiger charge is 2.11. The Bertz CT molecular complexity index is 780. The van der Waals surface area contributed by atoms with Crippen molar-refractivity contribution in [2.45, 2.75) is 124 Å². The average Bonchev–Trinajstić information content (AvgIpc) is 3.16. The van der Waals surface area contributed by atoms with Crippen LogP contribution in [0.5, 0.6) is 0 Å². The van der Waals surface area contributed by atoms with Gasteiger partial charge < -0.3 is 9.88 Å². The van der Waals surface area contributed by atoms with E-state index in [2.05, 4.69) is 41.1 Å². The first-order chi connectivity index (χ1) is 16.1. The zero-order valence-corrected chi connectivity index (χ0v) is 21.7. The van der Waals surface area contributed by atoms with Crippen molar-refractivity contribution in [1.29, 1.82) is 0 Å². The zero-order chi connectivity index (χ0) is 23.7. The van der Waals surface area contributed by atoms with Crippen LogP contribution in [0.4, 0.5) is 0 Å². The van der Waals surface area contributed by atoms with Crippen LogP contribution in [-0.4, -0.2) is 22.0 Å². The first-order valence-corrected chi connectivity index (χ1v) is 13.8. The summed E-state index contributed by atoms with van der Waals surface area (Å²) in [5.41, 5.74) is 2.28. The molecule has 0 atom stereocenters. The van der Waals surface area contributed by atoms with Gasteiger partial charge in [-0.05, 0) is 18.6 Å². The lowest BCUT2D eigenvalue weighted by Crippen LogP contribution is -2.30. The smallest absolute Gasteiger partial charge is 0.222 e. The summed E-state index contributed by atoms with van der Waals surface area (Å²) in [7, 11) is 0. The number of aryl methyl sites for hydroxylation is 1. The van der Waals surface area contributed by atoms with Gasteiger partial charge in [0, 0.05) is 25.4 Å². The van der Waals surface area contributed by atoms with Crippen LogP contribution in [0.1, 0.15) is 116 Å². The Labute approximate surface area is 202 Å². The number of carbonyl (C=O) groups is 1. The first kappa shape index (κ1) is 27.4. The van der Waals surface area contributed by atoms with E-state index in [1.807, 2.05) is 13.8 Å². The molecule has 33 heavy (non-hydrogen) atoms. The van der Waals surface area contributed by atoms with Gasteiger partial charge in [0.25, 0.3) is 0 Å². The number of nitrogens with zero attached hydrogens (tertiary/aromatic N) is 2. The third-order valence-electron chi connectivity index (χ3n) is 6.64. The Morgan fingerprint density at radius 2 is 1.39 bits per heavy atom. The third-order valence-corrected chi connectivity index (χ3v) is 6.64. The molecule has 0 saturated carbocycles. The molecule has 2 aromatic rings. The number of fused-ring (bicyclic) bond motifs is 1. The highest BCUT2D eigenvalue weighted by molar-refractivity contribution is 5.78. The molecule has 4 heteroatoms. The number of unbranched alkanes of at least 4 members (excludes halogenated alkanes) is 13. The Kier molecular flexibility index (Phi) is 13.9. The summed E-state index contributed by atoms with van der Waals surface area (Å²) in [6.07, 6.45) is 20.1. The van der Waals surface area contributed by atoms with E-state index < -0.39 is 0 Å². The van der Waals surface area contributed by atoms with E-state index in [4.69, 9.17) is 4.98 Å². The fraction of sp³-hybridized carbons (Fsp3) is 0.724. The van der Waals surface area contributed by atoms with E-state index in [9.17, 15) is 4.79 Å². The Morgan fingerprint density at radius 3 is 1.97 bits per heavy atom. The molecule has 1 amide bonds. The Balaban J connectivity index is 1.61. The monoisotopic (exact) mass is 455 g/mol. The summed E-state index contributed by atoms with van der Waals surface area (Å²) in [5.74, 6) is 1.24. The van der Waals surface area contributed by atoms with E-state index in [1.165, 1.54) is 95.4 Å². The summed E-state index contributed by atoms with van der Waals surface area (Å²) in [5, 5.41) is 3.03. The van der Waals surface area contributed by atoms with Gasteiger partial charge in [-0.3, -0.25) is 4.79 Å². The first-order valence-electron chi connectivity index (χ1n) is 13.8. The van der Waals surface area contributed by atoms with Crippen LogP contribution in [0.15, 0.2) is 24.3 Å². The number of aromatic nitrogens is 2. The van der Waals surface area contributed by atoms with E-state index in [0.29, 0.717) is 6.54 Å². The van der Waals surface area contributed by atoms with Crippen LogP contribution in [0.2, 0.25) is 0 Å². The third kappa shape index (κ3) is 10.8. The molecule has 1 N–H and O–H groups in total. The second kappa shape index (κ2) is 16.7. The van der Waals surface area contributed by atoms with Crippen molar-refractivity contribution in [3.63, 3.8) is 0 Å². The van der Waals surface area contributed by atoms with Gasteiger partial charge in [-0.2, -0.15) is 0 Å². The summed E-state index contributed by atoms with van der Waals surface area (Å²) in [6, 6.07) is 8.40. The van der Waals surface area contributed by atoms with Gasteiger partial charge in [0.05, 0.1) is 11.0 Å². The van der Waals surface area contributed by atoms with Gasteiger partial charge in [0.15, 0.2) is 0 Å². The molecule has 0 bridgehead atoms. The number of benzene rings is 1. The summed E-state index contributed by atoms with van der Waals surface area (Å²) in [4.78, 5) is 16.7. The topological polar surface area (TPSA) is 46.9 Å². The Morgan fingerprint density at radius 1 is 0.848 bits per heavy atom. The lowest BCUT2D eigenvalue weighted by molar-refractivity contribution is -0.123. The molecule has 1 heterocycles. The van der Waals surface area contributed by atoms with Gasteiger partial charge in [-0.15, -0.1) is 0 Å². The maximum Gasteiger partial charge on any atom is 0.222 e. The SMILES string of the molecule is CCCCCCCCCCCCCCCCn1c(CCNC(=O)C(C)C)nc2ccccc21. The number of hydrogen-bond acceptors (Lipinski definition) is 2. The number of para-hydroxylation sites is 2. The second-order valence-corrected chi connectivity index (χ2v) is 9.96. The number of rotatable bonds is 19. The van der Waals surface area contributed by atoms with E-state index >= 15 is 0 Å². The normalized spacial score (nSPS) is 11.5. The highest BCUT2D eigenvalue weighted by Crippen LogP contribution is 2.18. The molecule has 186 valence electrons. The maximum absolute atomic E-state index is 11.9. The molecule has 1 aromatic carbocycles.